The van der Waals surface area contributed by atoms with Gasteiger partial charge in [-0.1, -0.05) is 18.7 Å². The Balaban J connectivity index is 1.91. The zero-order valence-electron chi connectivity index (χ0n) is 16.1. The number of Topliss-reactive ketones (excluding diaryl/α,β-unsaturated/α-hetero) is 1. The predicted molar refractivity (Wildman–Crippen MR) is 106 cm³/mol. The maximum Gasteiger partial charge on any atom is 0.332 e. The van der Waals surface area contributed by atoms with E-state index in [1.165, 1.54) is 11.6 Å². The number of ketones is 1. The van der Waals surface area contributed by atoms with Gasteiger partial charge in [0.1, 0.15) is 11.4 Å². The number of nitrogens with zero attached hydrogens (tertiary/aromatic N) is 6. The van der Waals surface area contributed by atoms with Gasteiger partial charge in [-0.2, -0.15) is 4.98 Å². The monoisotopic (exact) mass is 403 g/mol. The Morgan fingerprint density at radius 1 is 1.25 bits per heavy atom. The van der Waals surface area contributed by atoms with Gasteiger partial charge in [0.2, 0.25) is 5.16 Å². The van der Waals surface area contributed by atoms with E-state index >= 15 is 0 Å². The van der Waals surface area contributed by atoms with Gasteiger partial charge in [0.15, 0.2) is 5.78 Å². The largest absolute Gasteiger partial charge is 0.384 e. The highest BCUT2D eigenvalue weighted by molar-refractivity contribution is 7.99. The summed E-state index contributed by atoms with van der Waals surface area (Å²) in [5, 5.41) is 4.69. The van der Waals surface area contributed by atoms with Crippen molar-refractivity contribution in [1.82, 2.24) is 28.7 Å². The maximum atomic E-state index is 12.7. The number of rotatable bonds is 6. The lowest BCUT2D eigenvalue weighted by Gasteiger charge is -2.13. The highest BCUT2D eigenvalue weighted by Crippen LogP contribution is 2.18. The van der Waals surface area contributed by atoms with Crippen LogP contribution in [-0.4, -0.2) is 40.3 Å². The molecule has 0 saturated heterocycles. The normalized spacial score (nSPS) is 11.3. The van der Waals surface area contributed by atoms with Crippen LogP contribution in [0, 0.1) is 13.8 Å². The summed E-state index contributed by atoms with van der Waals surface area (Å²) in [5.41, 5.74) is 6.26. The Labute approximate surface area is 164 Å². The first kappa shape index (κ1) is 19.8. The number of fused-ring (bicyclic) bond motifs is 1. The van der Waals surface area contributed by atoms with Gasteiger partial charge >= 0.3 is 5.69 Å². The summed E-state index contributed by atoms with van der Waals surface area (Å²) < 4.78 is 3.75. The van der Waals surface area contributed by atoms with Crippen molar-refractivity contribution in [2.45, 2.75) is 38.9 Å². The fourth-order valence-corrected chi connectivity index (χ4v) is 3.59. The van der Waals surface area contributed by atoms with E-state index in [0.29, 0.717) is 23.9 Å². The van der Waals surface area contributed by atoms with Crippen LogP contribution in [0.3, 0.4) is 0 Å². The third-order valence-electron chi connectivity index (χ3n) is 4.24. The molecule has 148 valence electrons. The first-order valence-electron chi connectivity index (χ1n) is 8.70. The summed E-state index contributed by atoms with van der Waals surface area (Å²) in [7, 11) is 1.33. The minimum absolute atomic E-state index is 0.0846. The molecule has 3 heterocycles. The van der Waals surface area contributed by atoms with E-state index < -0.39 is 17.0 Å². The molecular weight excluding hydrogens is 382 g/mol. The molecule has 0 saturated carbocycles. The second kappa shape index (κ2) is 7.58. The van der Waals surface area contributed by atoms with E-state index in [-0.39, 0.29) is 17.1 Å². The van der Waals surface area contributed by atoms with Gasteiger partial charge in [-0.15, -0.1) is 5.10 Å². The fraction of sp³-hybridized carbons (Fsp3) is 0.412. The van der Waals surface area contributed by atoms with Gasteiger partial charge in [0.05, 0.1) is 5.75 Å². The molecule has 0 spiro atoms. The molecule has 0 amide bonds. The smallest absolute Gasteiger partial charge is 0.332 e. The van der Waals surface area contributed by atoms with Gasteiger partial charge in [-0.05, 0) is 26.3 Å². The van der Waals surface area contributed by atoms with E-state index in [1.807, 2.05) is 26.8 Å². The Morgan fingerprint density at radius 2 is 1.96 bits per heavy atom. The Hall–Kier alpha value is -2.95. The molecule has 0 radical (unpaired) electrons. The van der Waals surface area contributed by atoms with Crippen molar-refractivity contribution in [1.29, 1.82) is 0 Å². The lowest BCUT2D eigenvalue weighted by atomic mass is 10.2. The van der Waals surface area contributed by atoms with Crippen LogP contribution in [0.4, 0.5) is 5.82 Å². The zero-order valence-corrected chi connectivity index (χ0v) is 16.9. The molecule has 11 heteroatoms. The third kappa shape index (κ3) is 3.44. The zero-order chi connectivity index (χ0) is 20.6. The third-order valence-corrected chi connectivity index (χ3v) is 5.08. The minimum atomic E-state index is -0.698. The van der Waals surface area contributed by atoms with Crippen molar-refractivity contribution in [3.8, 4) is 0 Å². The summed E-state index contributed by atoms with van der Waals surface area (Å²) in [5.74, 6) is -0.220. The number of hydrogen-bond donors (Lipinski definition) is 1. The summed E-state index contributed by atoms with van der Waals surface area (Å²) >= 11 is 1.09. The van der Waals surface area contributed by atoms with Crippen molar-refractivity contribution >= 4 is 29.1 Å². The number of nitrogen functional groups attached to an aromatic ring is 1. The molecule has 0 unspecified atom stereocenters. The number of hydrogen-bond acceptors (Lipinski definition) is 8. The van der Waals surface area contributed by atoms with E-state index in [2.05, 4.69) is 15.1 Å². The summed E-state index contributed by atoms with van der Waals surface area (Å²) in [6.45, 7) is 5.95. The van der Waals surface area contributed by atoms with Gasteiger partial charge in [0.25, 0.3) is 11.3 Å². The SMILES string of the molecule is CCCn1c(N)c(C(=O)CSc2nc3nc(C)cc(C)n3n2)c(=O)n(C)c1=O. The predicted octanol–water partition coefficient (Wildman–Crippen LogP) is 0.569. The quantitative estimate of drug-likeness (QED) is 0.467. The lowest BCUT2D eigenvalue weighted by Crippen LogP contribution is -2.42. The van der Waals surface area contributed by atoms with Crippen molar-refractivity contribution < 1.29 is 4.79 Å². The molecule has 3 rings (SSSR count). The van der Waals surface area contributed by atoms with E-state index in [1.54, 1.807) is 4.52 Å². The molecule has 0 aliphatic heterocycles. The van der Waals surface area contributed by atoms with Gasteiger partial charge < -0.3 is 5.73 Å². The fourth-order valence-electron chi connectivity index (χ4n) is 2.90. The van der Waals surface area contributed by atoms with E-state index in [4.69, 9.17) is 5.73 Å². The molecule has 10 nitrogen and oxygen atoms in total. The van der Waals surface area contributed by atoms with Gasteiger partial charge in [-0.3, -0.25) is 18.7 Å². The second-order valence-electron chi connectivity index (χ2n) is 6.42. The average Bonchev–Trinajstić information content (AvgIpc) is 3.05. The highest BCUT2D eigenvalue weighted by Gasteiger charge is 2.22. The van der Waals surface area contributed by atoms with Crippen LogP contribution in [0.1, 0.15) is 35.1 Å². The number of carbonyl (C=O) groups excluding carboxylic acids is 1. The summed E-state index contributed by atoms with van der Waals surface area (Å²) in [6.07, 6.45) is 0.641. The van der Waals surface area contributed by atoms with Crippen LogP contribution in [-0.2, 0) is 13.6 Å². The summed E-state index contributed by atoms with van der Waals surface area (Å²) in [4.78, 5) is 46.0. The van der Waals surface area contributed by atoms with Crippen LogP contribution in [0.2, 0.25) is 0 Å². The molecule has 0 aromatic carbocycles. The number of aromatic nitrogens is 6. The van der Waals surface area contributed by atoms with E-state index in [0.717, 1.165) is 27.7 Å². The van der Waals surface area contributed by atoms with Crippen molar-refractivity contribution in [2.75, 3.05) is 11.5 Å². The average molecular weight is 403 g/mol. The maximum absolute atomic E-state index is 12.7. The number of nitrogens with two attached hydrogens (primary N) is 1. The minimum Gasteiger partial charge on any atom is -0.384 e. The van der Waals surface area contributed by atoms with E-state index in [9.17, 15) is 14.4 Å². The van der Waals surface area contributed by atoms with Crippen molar-refractivity contribution in [3.63, 3.8) is 0 Å². The first-order chi connectivity index (χ1) is 13.2. The molecule has 0 bridgehead atoms. The molecule has 3 aromatic rings. The van der Waals surface area contributed by atoms with Crippen LogP contribution in [0.25, 0.3) is 5.78 Å². The molecular formula is C17H21N7O3S. The van der Waals surface area contributed by atoms with Crippen LogP contribution < -0.4 is 17.0 Å². The molecule has 0 aliphatic carbocycles. The van der Waals surface area contributed by atoms with Crippen LogP contribution in [0.15, 0.2) is 20.8 Å². The summed E-state index contributed by atoms with van der Waals surface area (Å²) in [6, 6.07) is 1.88. The topological polar surface area (TPSA) is 130 Å². The van der Waals surface area contributed by atoms with Crippen LogP contribution in [0.5, 0.6) is 0 Å². The Morgan fingerprint density at radius 3 is 2.64 bits per heavy atom. The molecule has 0 atom stereocenters. The van der Waals surface area contributed by atoms with Gasteiger partial charge in [-0.25, -0.2) is 14.3 Å². The number of carbonyl (C=O) groups is 1. The Kier molecular flexibility index (Phi) is 5.36. The number of thioether (sulfide) groups is 1. The van der Waals surface area contributed by atoms with Crippen molar-refractivity contribution in [3.05, 3.63) is 43.9 Å². The molecule has 3 aromatic heterocycles. The first-order valence-corrected chi connectivity index (χ1v) is 9.69. The standard InChI is InChI=1S/C17H21N7O3S/c1-5-6-23-13(18)12(14(26)22(4)17(23)27)11(25)8-28-16-20-15-19-9(2)7-10(3)24(15)21-16/h7H,5-6,8,18H2,1-4H3. The Bertz CT molecular complexity index is 1190. The molecule has 2 N–H and O–H groups in total. The molecule has 0 fully saturated rings. The molecule has 0 aliphatic rings. The number of anilines is 1. The van der Waals surface area contributed by atoms with Crippen molar-refractivity contribution in [2.24, 2.45) is 7.05 Å². The lowest BCUT2D eigenvalue weighted by molar-refractivity contribution is 0.102. The van der Waals surface area contributed by atoms with Gasteiger partial charge in [0, 0.05) is 25.0 Å². The highest BCUT2D eigenvalue weighted by atomic mass is 32.2. The second-order valence-corrected chi connectivity index (χ2v) is 7.36. The molecule has 28 heavy (non-hydrogen) atoms. The van der Waals surface area contributed by atoms with Crippen LogP contribution >= 0.6 is 11.8 Å². The number of aryl methyl sites for hydroxylation is 2.